The highest BCUT2D eigenvalue weighted by atomic mass is 79.9. The van der Waals surface area contributed by atoms with E-state index in [1.807, 2.05) is 0 Å². The van der Waals surface area contributed by atoms with Crippen LogP contribution < -0.4 is 10.1 Å². The van der Waals surface area contributed by atoms with E-state index in [1.54, 1.807) is 12.1 Å². The molecule has 1 N–H and O–H groups in total. The van der Waals surface area contributed by atoms with Gasteiger partial charge in [-0.2, -0.15) is 0 Å². The molecule has 2 atom stereocenters. The molecule has 1 heterocycles. The predicted octanol–water partition coefficient (Wildman–Crippen LogP) is 4.68. The smallest absolute Gasteiger partial charge is 0.139 e. The predicted molar refractivity (Wildman–Crippen MR) is 90.7 cm³/mol. The van der Waals surface area contributed by atoms with Gasteiger partial charge in [-0.15, -0.1) is 0 Å². The summed E-state index contributed by atoms with van der Waals surface area (Å²) in [5.74, 6) is 0.595. The zero-order chi connectivity index (χ0) is 15.4. The van der Waals surface area contributed by atoms with Gasteiger partial charge in [-0.25, -0.2) is 0 Å². The van der Waals surface area contributed by atoms with Gasteiger partial charge in [-0.3, -0.25) is 0 Å². The quantitative estimate of drug-likeness (QED) is 0.708. The molecular weight excluding hydrogens is 377 g/mol. The van der Waals surface area contributed by atoms with Crippen LogP contribution >= 0.6 is 39.1 Å². The topological polar surface area (TPSA) is 30.5 Å². The largest absolute Gasteiger partial charge is 0.489 e. The van der Waals surface area contributed by atoms with Gasteiger partial charge < -0.3 is 14.8 Å². The monoisotopic (exact) mass is 395 g/mol. The van der Waals surface area contributed by atoms with Crippen LogP contribution in [-0.2, 0) is 4.74 Å². The summed E-state index contributed by atoms with van der Waals surface area (Å²) in [6.45, 7) is 5.65. The van der Waals surface area contributed by atoms with Gasteiger partial charge in [-0.05, 0) is 34.8 Å². The first-order valence-electron chi connectivity index (χ1n) is 7.12. The summed E-state index contributed by atoms with van der Waals surface area (Å²) >= 11 is 15.5. The standard InChI is InChI=1S/C15H20BrCl2NO2/c1-9(2)19-7-10-3-4-11(21-10)8-20-15-6-13(17)12(16)5-14(15)18/h5-6,9-11,19H,3-4,7-8H2,1-2H3. The average Bonchev–Trinajstić information content (AvgIpc) is 2.87. The Kier molecular flexibility index (Phi) is 6.63. The molecule has 2 rings (SSSR count). The maximum atomic E-state index is 6.14. The molecule has 1 aliphatic heterocycles. The van der Waals surface area contributed by atoms with E-state index in [1.165, 1.54) is 0 Å². The summed E-state index contributed by atoms with van der Waals surface area (Å²) in [6, 6.07) is 3.94. The van der Waals surface area contributed by atoms with Crippen molar-refractivity contribution >= 4 is 39.1 Å². The lowest BCUT2D eigenvalue weighted by molar-refractivity contribution is 0.0179. The normalized spacial score (nSPS) is 22.0. The van der Waals surface area contributed by atoms with Crippen LogP contribution in [0.5, 0.6) is 5.75 Å². The third-order valence-corrected chi connectivity index (χ3v) is 4.84. The molecule has 1 aromatic carbocycles. The SMILES string of the molecule is CC(C)NCC1CCC(COc2cc(Cl)c(Br)cc2Cl)O1. The van der Waals surface area contributed by atoms with E-state index < -0.39 is 0 Å². The van der Waals surface area contributed by atoms with Crippen molar-refractivity contribution in [2.24, 2.45) is 0 Å². The van der Waals surface area contributed by atoms with Crippen molar-refractivity contribution in [2.75, 3.05) is 13.2 Å². The second-order valence-corrected chi connectivity index (χ2v) is 7.20. The highest BCUT2D eigenvalue weighted by Crippen LogP contribution is 2.34. The van der Waals surface area contributed by atoms with E-state index in [0.717, 1.165) is 23.9 Å². The van der Waals surface area contributed by atoms with Crippen molar-refractivity contribution in [1.29, 1.82) is 0 Å². The number of halogens is 3. The Balaban J connectivity index is 1.80. The molecule has 0 radical (unpaired) electrons. The number of hydrogen-bond acceptors (Lipinski definition) is 3. The fourth-order valence-corrected chi connectivity index (χ4v) is 3.06. The third kappa shape index (κ3) is 5.29. The highest BCUT2D eigenvalue weighted by molar-refractivity contribution is 9.10. The molecule has 1 aromatic rings. The molecule has 0 bridgehead atoms. The summed E-state index contributed by atoms with van der Waals surface area (Å²) in [5, 5.41) is 4.52. The first kappa shape index (κ1) is 17.4. The van der Waals surface area contributed by atoms with Crippen LogP contribution in [0.3, 0.4) is 0 Å². The van der Waals surface area contributed by atoms with Gasteiger partial charge in [0, 0.05) is 23.1 Å². The number of benzene rings is 1. The molecule has 1 fully saturated rings. The lowest BCUT2D eigenvalue weighted by Gasteiger charge is -2.17. The number of rotatable bonds is 6. The summed E-state index contributed by atoms with van der Waals surface area (Å²) in [5.41, 5.74) is 0. The summed E-state index contributed by atoms with van der Waals surface area (Å²) in [6.07, 6.45) is 2.45. The number of hydrogen-bond donors (Lipinski definition) is 1. The van der Waals surface area contributed by atoms with E-state index >= 15 is 0 Å². The third-order valence-electron chi connectivity index (χ3n) is 3.35. The van der Waals surface area contributed by atoms with Crippen LogP contribution in [0.25, 0.3) is 0 Å². The van der Waals surface area contributed by atoms with E-state index in [-0.39, 0.29) is 12.2 Å². The maximum Gasteiger partial charge on any atom is 0.139 e. The highest BCUT2D eigenvalue weighted by Gasteiger charge is 2.25. The maximum absolute atomic E-state index is 6.14. The molecule has 3 nitrogen and oxygen atoms in total. The molecule has 1 aliphatic rings. The van der Waals surface area contributed by atoms with Gasteiger partial charge in [0.1, 0.15) is 12.4 Å². The number of ether oxygens (including phenoxy) is 2. The van der Waals surface area contributed by atoms with Crippen LogP contribution in [0.1, 0.15) is 26.7 Å². The molecule has 0 amide bonds. The minimum absolute atomic E-state index is 0.113. The fraction of sp³-hybridized carbons (Fsp3) is 0.600. The fourth-order valence-electron chi connectivity index (χ4n) is 2.22. The molecule has 21 heavy (non-hydrogen) atoms. The van der Waals surface area contributed by atoms with Gasteiger partial charge in [-0.1, -0.05) is 37.0 Å². The van der Waals surface area contributed by atoms with Crippen molar-refractivity contribution in [3.05, 3.63) is 26.7 Å². The Bertz CT molecular complexity index is 485. The van der Waals surface area contributed by atoms with Crippen LogP contribution in [0.15, 0.2) is 16.6 Å². The Hall–Kier alpha value is -0.0000000000000000763. The lowest BCUT2D eigenvalue weighted by Crippen LogP contribution is -2.32. The summed E-state index contributed by atoms with van der Waals surface area (Å²) in [7, 11) is 0. The van der Waals surface area contributed by atoms with Crippen molar-refractivity contribution < 1.29 is 9.47 Å². The zero-order valence-electron chi connectivity index (χ0n) is 12.2. The van der Waals surface area contributed by atoms with Crippen LogP contribution in [-0.4, -0.2) is 31.4 Å². The summed E-state index contributed by atoms with van der Waals surface area (Å²) < 4.78 is 12.5. The van der Waals surface area contributed by atoms with Crippen molar-refractivity contribution in [3.8, 4) is 5.75 Å². The molecule has 118 valence electrons. The first-order valence-corrected chi connectivity index (χ1v) is 8.66. The minimum atomic E-state index is 0.113. The molecular formula is C15H20BrCl2NO2. The van der Waals surface area contributed by atoms with Crippen LogP contribution in [0.2, 0.25) is 10.0 Å². The minimum Gasteiger partial charge on any atom is -0.489 e. The van der Waals surface area contributed by atoms with E-state index in [0.29, 0.717) is 28.4 Å². The summed E-state index contributed by atoms with van der Waals surface area (Å²) in [4.78, 5) is 0. The molecule has 0 saturated carbocycles. The van der Waals surface area contributed by atoms with Gasteiger partial charge in [0.25, 0.3) is 0 Å². The average molecular weight is 397 g/mol. The van der Waals surface area contributed by atoms with Crippen molar-refractivity contribution in [3.63, 3.8) is 0 Å². The molecule has 0 spiro atoms. The molecule has 2 unspecified atom stereocenters. The van der Waals surface area contributed by atoms with E-state index in [4.69, 9.17) is 32.7 Å². The molecule has 1 saturated heterocycles. The second kappa shape index (κ2) is 8.02. The number of nitrogens with one attached hydrogen (secondary N) is 1. The van der Waals surface area contributed by atoms with Gasteiger partial charge >= 0.3 is 0 Å². The second-order valence-electron chi connectivity index (χ2n) is 5.53. The lowest BCUT2D eigenvalue weighted by atomic mass is 10.2. The Morgan fingerprint density at radius 3 is 2.71 bits per heavy atom. The van der Waals surface area contributed by atoms with Gasteiger partial charge in [0.05, 0.1) is 22.3 Å². The van der Waals surface area contributed by atoms with Crippen LogP contribution in [0, 0.1) is 0 Å². The Morgan fingerprint density at radius 1 is 1.29 bits per heavy atom. The zero-order valence-corrected chi connectivity index (χ0v) is 15.3. The van der Waals surface area contributed by atoms with Crippen molar-refractivity contribution in [1.82, 2.24) is 5.32 Å². The molecule has 0 aliphatic carbocycles. The molecule has 0 aromatic heterocycles. The van der Waals surface area contributed by atoms with Crippen LogP contribution in [0.4, 0.5) is 0 Å². The Morgan fingerprint density at radius 2 is 2.00 bits per heavy atom. The first-order chi connectivity index (χ1) is 9.95. The Labute approximate surface area is 144 Å². The molecule has 6 heteroatoms. The van der Waals surface area contributed by atoms with E-state index in [2.05, 4.69) is 35.1 Å². The van der Waals surface area contributed by atoms with Crippen molar-refractivity contribution in [2.45, 2.75) is 44.9 Å². The van der Waals surface area contributed by atoms with Gasteiger partial charge in [0.15, 0.2) is 0 Å². The van der Waals surface area contributed by atoms with Gasteiger partial charge in [0.2, 0.25) is 0 Å². The van der Waals surface area contributed by atoms with E-state index in [9.17, 15) is 0 Å².